The molecule has 3 aliphatic rings. The molecule has 103 heavy (non-hydrogen) atoms. The molecule has 9 rings (SSSR count). The maximum absolute atomic E-state index is 13.1. The molecule has 25 nitrogen and oxygen atoms in total. The van der Waals surface area contributed by atoms with Crippen LogP contribution in [0, 0.1) is 41.5 Å². The van der Waals surface area contributed by atoms with Gasteiger partial charge in [-0.3, -0.25) is 29.1 Å². The van der Waals surface area contributed by atoms with Crippen LogP contribution in [0.5, 0.6) is 17.2 Å². The highest BCUT2D eigenvalue weighted by Crippen LogP contribution is 2.31. The monoisotopic (exact) mass is 1480 g/mol. The van der Waals surface area contributed by atoms with Crippen molar-refractivity contribution in [3.8, 4) is 17.2 Å². The molecule has 0 saturated carbocycles. The van der Waals surface area contributed by atoms with Gasteiger partial charge < -0.3 is 50.4 Å². The van der Waals surface area contributed by atoms with Crippen molar-refractivity contribution in [2.24, 2.45) is 0 Å². The van der Waals surface area contributed by atoms with Crippen LogP contribution < -0.4 is 30.6 Å². The number of nitrogens with two attached hydrogens (primary N) is 1. The smallest absolute Gasteiger partial charge is 0.304 e. The number of carboxylic acids is 1. The average molecular weight is 1480 g/mol. The number of nitrogen functional groups attached to an aromatic ring is 1. The topological polar surface area (TPSA) is 281 Å². The molecule has 0 unspecified atom stereocenters. The summed E-state index contributed by atoms with van der Waals surface area (Å²) in [6.07, 6.45) is -0.107. The van der Waals surface area contributed by atoms with Gasteiger partial charge in [0.05, 0.1) is 42.4 Å². The van der Waals surface area contributed by atoms with Crippen molar-refractivity contribution >= 4 is 64.9 Å². The first kappa shape index (κ1) is 84.4. The molecule has 5 N–H and O–H groups in total. The molecule has 28 heteroatoms. The molecule has 566 valence electrons. The lowest BCUT2D eigenvalue weighted by Crippen LogP contribution is -2.43. The largest absolute Gasteiger partial charge is 0.497 e. The van der Waals surface area contributed by atoms with Crippen LogP contribution in [-0.2, 0) is 64.1 Å². The van der Waals surface area contributed by atoms with E-state index in [1.807, 2.05) is 60.7 Å². The molecule has 0 bridgehead atoms. The molecule has 3 saturated heterocycles. The summed E-state index contributed by atoms with van der Waals surface area (Å²) < 4.78 is 96.5. The number of hydrogen-bond acceptors (Lipinski definition) is 19. The van der Waals surface area contributed by atoms with Gasteiger partial charge in [0.15, 0.2) is 0 Å². The lowest BCUT2D eigenvalue weighted by atomic mass is 10.1. The molecule has 6 aromatic rings. The summed E-state index contributed by atoms with van der Waals surface area (Å²) in [6.45, 7) is 26.5. The molecular weight excluding hydrogens is 1370 g/mol. The van der Waals surface area contributed by atoms with Gasteiger partial charge in [-0.1, -0.05) is 36.4 Å². The molecule has 3 aliphatic heterocycles. The Labute approximate surface area is 612 Å². The predicted octanol–water partition coefficient (Wildman–Crippen LogP) is 7.84. The number of carboxylic acid groups (broad SMARTS) is 1. The third-order valence-electron chi connectivity index (χ3n) is 18.4. The van der Waals surface area contributed by atoms with Crippen molar-refractivity contribution in [1.82, 2.24) is 42.3 Å². The number of methoxy groups -OCH3 is 3. The van der Waals surface area contributed by atoms with Crippen LogP contribution in [0.25, 0.3) is 0 Å². The Kier molecular flexibility index (Phi) is 32.4. The molecule has 0 aliphatic carbocycles. The van der Waals surface area contributed by atoms with Crippen LogP contribution >= 0.6 is 0 Å². The Balaban J connectivity index is 0.000000226. The van der Waals surface area contributed by atoms with Gasteiger partial charge in [0, 0.05) is 169 Å². The molecule has 6 aromatic carbocycles. The van der Waals surface area contributed by atoms with Crippen molar-refractivity contribution in [2.75, 3.05) is 178 Å². The second kappa shape index (κ2) is 39.5. The number of benzene rings is 6. The molecule has 0 atom stereocenters. The highest BCUT2D eigenvalue weighted by Gasteiger charge is 2.29. The molecule has 0 aromatic heterocycles. The van der Waals surface area contributed by atoms with Gasteiger partial charge in [0.25, 0.3) is 0 Å². The van der Waals surface area contributed by atoms with Crippen LogP contribution in [-0.4, -0.2) is 252 Å². The number of piperazine rings is 3. The zero-order valence-electron chi connectivity index (χ0n) is 62.9. The third kappa shape index (κ3) is 25.6. The van der Waals surface area contributed by atoms with Crippen LogP contribution in [0.2, 0.25) is 0 Å². The lowest BCUT2D eigenvalue weighted by molar-refractivity contribution is -0.137. The normalized spacial score (nSPS) is 15.3. The number of carbonyl (C=O) groups excluding carboxylic acids is 2. The number of anilines is 3. The quantitative estimate of drug-likeness (QED) is 0.0376. The van der Waals surface area contributed by atoms with Gasteiger partial charge >= 0.3 is 5.97 Å². The predicted molar refractivity (Wildman–Crippen MR) is 408 cm³/mol. The van der Waals surface area contributed by atoms with E-state index in [9.17, 15) is 39.6 Å². The number of rotatable bonds is 26. The van der Waals surface area contributed by atoms with Gasteiger partial charge in [-0.2, -0.15) is 0 Å². The zero-order chi connectivity index (χ0) is 75.9. The standard InChI is InChI=1S/2C25H36N4O4S.C13H19NO5S.C12H19N3/c2*1-19-16-23(33-5)17-20(2)25(19)34(31,32)28(4)11-10-24(30)26-22-8-6-21(7-9-22)18-29-14-12-27(3)13-15-29;1-9-7-11(19-4)8-10(2)13(9)20(17,18)14(3)6-5-12(15)16;1-14-6-8-15(9-7-14)10-11-2-4-12(13)5-3-11/h2*6-9,16-17H,10-15,18H2,1-5H3,(H,26,30);7-8H,5-6H2,1-4H3,(H,15,16);2-5H,6-10,13H2,1H3. The number of hydrogen-bond donors (Lipinski definition) is 4. The van der Waals surface area contributed by atoms with E-state index in [0.29, 0.717) is 62.0 Å². The maximum atomic E-state index is 13.1. The van der Waals surface area contributed by atoms with Crippen molar-refractivity contribution in [3.05, 3.63) is 159 Å². The maximum Gasteiger partial charge on any atom is 0.304 e. The number of sulfonamides is 3. The summed E-state index contributed by atoms with van der Waals surface area (Å²) >= 11 is 0. The van der Waals surface area contributed by atoms with Gasteiger partial charge in [-0.15, -0.1) is 0 Å². The zero-order valence-corrected chi connectivity index (χ0v) is 65.4. The van der Waals surface area contributed by atoms with E-state index in [0.717, 1.165) is 82.0 Å². The first-order valence-electron chi connectivity index (χ1n) is 34.5. The summed E-state index contributed by atoms with van der Waals surface area (Å²) in [4.78, 5) is 50.6. The fourth-order valence-corrected chi connectivity index (χ4v) is 16.9. The Hall–Kier alpha value is -7.58. The first-order valence-corrected chi connectivity index (χ1v) is 38.9. The number of carbonyl (C=O) groups is 3. The lowest BCUT2D eigenvalue weighted by Gasteiger charge is -2.32. The number of nitrogens with one attached hydrogen (secondary N) is 2. The average Bonchev–Trinajstić information content (AvgIpc) is 0.796. The molecular formula is C75H110N12O13S3. The van der Waals surface area contributed by atoms with E-state index in [1.165, 1.54) is 79.7 Å². The number of amides is 2. The minimum Gasteiger partial charge on any atom is -0.497 e. The van der Waals surface area contributed by atoms with Crippen molar-refractivity contribution in [1.29, 1.82) is 0 Å². The second-order valence-corrected chi connectivity index (χ2v) is 32.8. The van der Waals surface area contributed by atoms with Gasteiger partial charge in [0.2, 0.25) is 41.9 Å². The van der Waals surface area contributed by atoms with E-state index >= 15 is 0 Å². The Morgan fingerprint density at radius 2 is 0.641 bits per heavy atom. The fourth-order valence-electron chi connectivity index (χ4n) is 12.2. The molecule has 0 spiro atoms. The molecule has 0 radical (unpaired) electrons. The van der Waals surface area contributed by atoms with Crippen molar-refractivity contribution < 1.29 is 59.0 Å². The summed E-state index contributed by atoms with van der Waals surface area (Å²) in [5.74, 6) is 0.340. The van der Waals surface area contributed by atoms with E-state index in [4.69, 9.17) is 25.1 Å². The van der Waals surface area contributed by atoms with Crippen LogP contribution in [0.3, 0.4) is 0 Å². The Morgan fingerprint density at radius 3 is 0.874 bits per heavy atom. The molecule has 3 fully saturated rings. The number of aliphatic carboxylic acids is 1. The van der Waals surface area contributed by atoms with Crippen LogP contribution in [0.15, 0.2) is 124 Å². The number of nitrogens with zero attached hydrogens (tertiary/aromatic N) is 9. The molecule has 2 amide bonds. The van der Waals surface area contributed by atoms with E-state index in [1.54, 1.807) is 92.2 Å². The van der Waals surface area contributed by atoms with Crippen LogP contribution in [0.1, 0.15) is 69.3 Å². The van der Waals surface area contributed by atoms with E-state index in [-0.39, 0.29) is 65.4 Å². The highest BCUT2D eigenvalue weighted by atomic mass is 32.2. The number of aryl methyl sites for hydroxylation is 6. The minimum absolute atomic E-state index is 0.0625. The SMILES string of the molecule is CN1CCN(Cc2ccc(N)cc2)CC1.COc1cc(C)c(S(=O)(=O)N(C)CCC(=O)Nc2ccc(CN3CCN(C)CC3)cc2)c(C)c1.COc1cc(C)c(S(=O)(=O)N(C)CCC(=O)Nc2ccc(CN3CCN(C)CC3)cc2)c(C)c1.COc1cc(C)c(S(=O)(=O)N(C)CCC(=O)O)c(C)c1. The minimum atomic E-state index is -3.73. The summed E-state index contributed by atoms with van der Waals surface area (Å²) in [5.41, 5.74) is 15.3. The Bertz CT molecular complexity index is 3860. The highest BCUT2D eigenvalue weighted by molar-refractivity contribution is 7.89. The summed E-state index contributed by atoms with van der Waals surface area (Å²) in [6, 6.07) is 34.0. The second-order valence-electron chi connectivity index (χ2n) is 26.9. The van der Waals surface area contributed by atoms with Gasteiger partial charge in [0.1, 0.15) is 17.2 Å². The van der Waals surface area contributed by atoms with Crippen molar-refractivity contribution in [3.63, 3.8) is 0 Å². The number of likely N-dealkylation sites (N-methyl/N-ethyl adjacent to an activating group) is 3. The van der Waals surface area contributed by atoms with Gasteiger partial charge in [-0.25, -0.2) is 38.2 Å². The fraction of sp³-hybridized carbons (Fsp3) is 0.480. The number of ether oxygens (including phenoxy) is 3. The molecule has 3 heterocycles. The van der Waals surface area contributed by atoms with E-state index < -0.39 is 36.0 Å². The van der Waals surface area contributed by atoms with Crippen molar-refractivity contribution in [2.45, 2.75) is 95.1 Å². The third-order valence-corrected chi connectivity index (χ3v) is 24.9. The Morgan fingerprint density at radius 1 is 0.408 bits per heavy atom. The van der Waals surface area contributed by atoms with Crippen LogP contribution in [0.4, 0.5) is 17.1 Å². The first-order chi connectivity index (χ1) is 48.6. The van der Waals surface area contributed by atoms with Gasteiger partial charge in [-0.05, 0) is 186 Å². The van der Waals surface area contributed by atoms with E-state index in [2.05, 4.69) is 73.3 Å². The summed E-state index contributed by atoms with van der Waals surface area (Å²) in [5, 5.41) is 14.4. The summed E-state index contributed by atoms with van der Waals surface area (Å²) in [7, 11) is 4.29.